The van der Waals surface area contributed by atoms with Gasteiger partial charge in [-0.1, -0.05) is 0 Å². The molecule has 0 aromatic carbocycles. The van der Waals surface area contributed by atoms with Crippen LogP contribution in [0.2, 0.25) is 0 Å². The first kappa shape index (κ1) is 36.0. The fraction of sp³-hybridized carbons (Fsp3) is 1.00. The molecule has 0 fully saturated rings. The summed E-state index contributed by atoms with van der Waals surface area (Å²) >= 11 is 0. The van der Waals surface area contributed by atoms with E-state index in [1.165, 1.54) is 0 Å². The van der Waals surface area contributed by atoms with Gasteiger partial charge < -0.3 is 26.9 Å². The Morgan fingerprint density at radius 1 is 0.600 bits per heavy atom. The third-order valence-corrected chi connectivity index (χ3v) is 0. The van der Waals surface area contributed by atoms with E-state index in [1.54, 1.807) is 41.5 Å². The Labute approximate surface area is 116 Å². The van der Waals surface area contributed by atoms with Crippen LogP contribution in [0.3, 0.4) is 0 Å². The van der Waals surface area contributed by atoms with Gasteiger partial charge in [0.05, 0.1) is 0 Å². The molecule has 0 atom stereocenters. The van der Waals surface area contributed by atoms with Crippen molar-refractivity contribution in [3.63, 3.8) is 0 Å². The van der Waals surface area contributed by atoms with Crippen LogP contribution in [0.1, 0.15) is 41.5 Å². The molecular weight excluding hydrogens is 209 g/mol. The molecule has 5 nitrogen and oxygen atoms in total. The summed E-state index contributed by atoms with van der Waals surface area (Å²) in [4.78, 5) is 0. The smallest absolute Gasteiger partial charge is 0.870 e. The van der Waals surface area contributed by atoms with Crippen LogP contribution < -0.4 is 35.7 Å². The molecule has 0 unspecified atom stereocenters. The van der Waals surface area contributed by atoms with Crippen molar-refractivity contribution in [2.24, 2.45) is 0 Å². The van der Waals surface area contributed by atoms with Gasteiger partial charge in [0.25, 0.3) is 0 Å². The number of rotatable bonds is 0. The Morgan fingerprint density at radius 2 is 0.600 bits per heavy atom. The molecule has 0 saturated heterocycles. The average molecular weight is 237 g/mol. The van der Waals surface area contributed by atoms with E-state index in [0.29, 0.717) is 0 Å². The van der Waals surface area contributed by atoms with Crippen LogP contribution in [0.15, 0.2) is 0 Å². The topological polar surface area (TPSA) is 126 Å². The van der Waals surface area contributed by atoms with Crippen LogP contribution in [-0.2, 0) is 0 Å². The van der Waals surface area contributed by atoms with Crippen molar-refractivity contribution < 1.29 is 50.4 Å². The number of aliphatic hydroxyl groups excluding tert-OH is 3. The minimum Gasteiger partial charge on any atom is -0.870 e. The van der Waals surface area contributed by atoms with E-state index in [0.717, 1.165) is 0 Å². The van der Waals surface area contributed by atoms with E-state index < -0.39 is 0 Å². The fourth-order valence-corrected chi connectivity index (χ4v) is 0. The number of hydrogen-bond acceptors (Lipinski definition) is 5. The molecule has 0 aliphatic carbocycles. The molecule has 6 heteroatoms. The van der Waals surface area contributed by atoms with E-state index in [1.807, 2.05) is 0 Å². The predicted molar refractivity (Wildman–Crippen MR) is 59.0 cm³/mol. The van der Waals surface area contributed by atoms with E-state index in [-0.39, 0.29) is 59.5 Å². The maximum atomic E-state index is 8.06. The summed E-state index contributed by atoms with van der Waals surface area (Å²) in [7, 11) is 0. The molecule has 0 aliphatic heterocycles. The zero-order valence-corrected chi connectivity index (χ0v) is 13.2. The van der Waals surface area contributed by atoms with Gasteiger partial charge >= 0.3 is 29.6 Å². The Kier molecular flexibility index (Phi) is 70.5. The van der Waals surface area contributed by atoms with E-state index in [2.05, 4.69) is 0 Å². The molecule has 0 bridgehead atoms. The van der Waals surface area contributed by atoms with Gasteiger partial charge in [-0.25, -0.2) is 0 Å². The van der Waals surface area contributed by atoms with Crippen molar-refractivity contribution in [3.05, 3.63) is 0 Å². The first-order valence-electron chi connectivity index (χ1n) is 4.24. The zero-order valence-electron chi connectivity index (χ0n) is 11.2. The van der Waals surface area contributed by atoms with Crippen molar-refractivity contribution in [1.29, 1.82) is 0 Å². The second kappa shape index (κ2) is 29.3. The summed E-state index contributed by atoms with van der Waals surface area (Å²) in [5.74, 6) is 0. The molecule has 0 aliphatic rings. The Hall–Kier alpha value is 0.800. The van der Waals surface area contributed by atoms with Crippen molar-refractivity contribution in [1.82, 2.24) is 6.15 Å². The zero-order chi connectivity index (χ0) is 10.7. The van der Waals surface area contributed by atoms with E-state index in [9.17, 15) is 0 Å². The van der Waals surface area contributed by atoms with Crippen LogP contribution in [0.25, 0.3) is 0 Å². The average Bonchev–Trinajstić information content (AvgIpc) is 1.54. The van der Waals surface area contributed by atoms with Gasteiger partial charge in [-0.3, -0.25) is 0 Å². The molecule has 7 N–H and O–H groups in total. The van der Waals surface area contributed by atoms with Crippen molar-refractivity contribution in [3.8, 4) is 0 Å². The van der Waals surface area contributed by atoms with Crippen LogP contribution in [0.4, 0.5) is 0 Å². The van der Waals surface area contributed by atoms with Gasteiger partial charge in [0.2, 0.25) is 0 Å². The molecular formula is C9H28NNaO4. The van der Waals surface area contributed by atoms with E-state index >= 15 is 0 Å². The van der Waals surface area contributed by atoms with Gasteiger partial charge in [-0.05, 0) is 41.5 Å². The first-order chi connectivity index (χ1) is 5.20. The summed E-state index contributed by atoms with van der Waals surface area (Å²) in [5, 5.41) is 24.2. The predicted octanol–water partition coefficient (Wildman–Crippen LogP) is -1.85. The standard InChI is InChI=1S/3C3H8O.H3N.Na.H2O/c3*1-3(2)4;;;/h3*3-4H,1-2H3;1H3;;1H2/q;;;;+1;/p-1. The van der Waals surface area contributed by atoms with Crippen molar-refractivity contribution in [2.75, 3.05) is 0 Å². The summed E-state index contributed by atoms with van der Waals surface area (Å²) in [6.07, 6.45) is -0.500. The van der Waals surface area contributed by atoms with Crippen LogP contribution in [0.5, 0.6) is 0 Å². The first-order valence-corrected chi connectivity index (χ1v) is 4.24. The third kappa shape index (κ3) is 3790. The van der Waals surface area contributed by atoms with Gasteiger partial charge in [-0.15, -0.1) is 0 Å². The van der Waals surface area contributed by atoms with Crippen molar-refractivity contribution in [2.45, 2.75) is 59.9 Å². The van der Waals surface area contributed by atoms with Gasteiger partial charge in [0.1, 0.15) is 0 Å². The normalized spacial score (nSPS) is 7.20. The summed E-state index contributed by atoms with van der Waals surface area (Å²) in [5.41, 5.74) is 0. The van der Waals surface area contributed by atoms with Crippen molar-refractivity contribution >= 4 is 0 Å². The quantitative estimate of drug-likeness (QED) is 0.368. The summed E-state index contributed by atoms with van der Waals surface area (Å²) in [6.45, 7) is 10.3. The molecule has 0 aromatic heterocycles. The molecule has 94 valence electrons. The molecule has 15 heavy (non-hydrogen) atoms. The van der Waals surface area contributed by atoms with Crippen LogP contribution >= 0.6 is 0 Å². The summed E-state index contributed by atoms with van der Waals surface area (Å²) < 4.78 is 0. The van der Waals surface area contributed by atoms with Crippen LogP contribution in [-0.4, -0.2) is 39.1 Å². The molecule has 0 saturated carbocycles. The second-order valence-corrected chi connectivity index (χ2v) is 3.28. The maximum absolute atomic E-state index is 8.06. The minimum atomic E-state index is -0.167. The van der Waals surface area contributed by atoms with E-state index in [4.69, 9.17) is 15.3 Å². The fourth-order valence-electron chi connectivity index (χ4n) is 0. The second-order valence-electron chi connectivity index (χ2n) is 3.28. The molecule has 0 rings (SSSR count). The summed E-state index contributed by atoms with van der Waals surface area (Å²) in [6, 6.07) is 0. The third-order valence-electron chi connectivity index (χ3n) is 0. The van der Waals surface area contributed by atoms with Crippen LogP contribution in [0, 0.1) is 0 Å². The Balaban J connectivity index is -0.0000000184. The molecule has 0 aromatic rings. The van der Waals surface area contributed by atoms with Gasteiger partial charge in [0, 0.05) is 18.3 Å². The molecule has 0 spiro atoms. The monoisotopic (exact) mass is 237 g/mol. The molecule has 0 heterocycles. The number of hydrogen-bond donors (Lipinski definition) is 4. The largest absolute Gasteiger partial charge is 1.00 e. The minimum absolute atomic E-state index is 0. The molecule has 0 amide bonds. The Morgan fingerprint density at radius 3 is 0.600 bits per heavy atom. The van der Waals surface area contributed by atoms with Gasteiger partial charge in [-0.2, -0.15) is 0 Å². The Bertz CT molecular complexity index is 50.6. The maximum Gasteiger partial charge on any atom is 1.00 e. The SMILES string of the molecule is CC(C)O.CC(C)O.CC(C)O.N.[Na+].[OH-]. The number of aliphatic hydroxyl groups is 3. The molecule has 0 radical (unpaired) electrons. The van der Waals surface area contributed by atoms with Gasteiger partial charge in [0.15, 0.2) is 0 Å².